The van der Waals surface area contributed by atoms with Crippen LogP contribution in [0.25, 0.3) is 0 Å². The molecule has 0 radical (unpaired) electrons. The average molecular weight is 205 g/mol. The molecular formula is C7H15NO4Si. The lowest BCUT2D eigenvalue weighted by Gasteiger charge is -2.15. The van der Waals surface area contributed by atoms with Crippen molar-refractivity contribution in [1.29, 1.82) is 0 Å². The maximum Gasteiger partial charge on any atom is 0.662 e. The molecule has 1 saturated carbocycles. The largest absolute Gasteiger partial charge is 0.662 e. The minimum Gasteiger partial charge on any atom is -0.358 e. The first-order valence-corrected chi connectivity index (χ1v) is 5.66. The molecule has 0 atom stereocenters. The van der Waals surface area contributed by atoms with Crippen LogP contribution in [0.15, 0.2) is 4.66 Å². The van der Waals surface area contributed by atoms with Crippen molar-refractivity contribution in [2.24, 2.45) is 4.66 Å². The van der Waals surface area contributed by atoms with Gasteiger partial charge in [-0.05, 0) is 0 Å². The molecule has 0 amide bonds. The Labute approximate surface area is 79.2 Å². The zero-order chi connectivity index (χ0) is 10.2. The molecule has 76 valence electrons. The fraction of sp³-hybridized carbons (Fsp3) is 0.857. The molecule has 0 unspecified atom stereocenters. The fourth-order valence-electron chi connectivity index (χ4n) is 0.443. The van der Waals surface area contributed by atoms with E-state index in [0.29, 0.717) is 0 Å². The zero-order valence-corrected chi connectivity index (χ0v) is 9.20. The van der Waals surface area contributed by atoms with Crippen molar-refractivity contribution >= 4 is 15.0 Å². The Kier molecular flexibility index (Phi) is 6.66. The number of hydrogen-bond acceptors (Lipinski definition) is 5. The number of hydrogen-bond donors (Lipinski definition) is 0. The monoisotopic (exact) mass is 205 g/mol. The number of rotatable bonds is 4. The standard InChI is InChI=1S/C4H9NO4Si.C3H6/c1-7-10(8-2,9-3)5-4-6;1-2-3-1/h1-3H3;1-3H2. The summed E-state index contributed by atoms with van der Waals surface area (Å²) in [6.45, 7) is 0. The Morgan fingerprint density at radius 1 is 1.08 bits per heavy atom. The smallest absolute Gasteiger partial charge is 0.358 e. The lowest BCUT2D eigenvalue weighted by Crippen LogP contribution is -2.40. The van der Waals surface area contributed by atoms with Gasteiger partial charge in [-0.1, -0.05) is 19.3 Å². The minimum absolute atomic E-state index is 1.32. The molecule has 0 N–H and O–H groups in total. The molecule has 0 heterocycles. The van der Waals surface area contributed by atoms with Crippen LogP contribution in [0.3, 0.4) is 0 Å². The number of carbonyl (C=O) groups excluding carboxylic acids is 1. The predicted molar refractivity (Wildman–Crippen MR) is 48.8 cm³/mol. The molecule has 0 saturated heterocycles. The first-order valence-electron chi connectivity index (χ1n) is 3.99. The van der Waals surface area contributed by atoms with E-state index >= 15 is 0 Å². The van der Waals surface area contributed by atoms with Crippen LogP contribution < -0.4 is 0 Å². The lowest BCUT2D eigenvalue weighted by atomic mass is 11.0. The van der Waals surface area contributed by atoms with Gasteiger partial charge in [0.05, 0.1) is 0 Å². The van der Waals surface area contributed by atoms with Crippen molar-refractivity contribution < 1.29 is 18.1 Å². The third-order valence-corrected chi connectivity index (χ3v) is 3.22. The predicted octanol–water partition coefficient (Wildman–Crippen LogP) is 0.867. The summed E-state index contributed by atoms with van der Waals surface area (Å²) < 4.78 is 17.5. The van der Waals surface area contributed by atoms with Crippen molar-refractivity contribution in [3.05, 3.63) is 0 Å². The quantitative estimate of drug-likeness (QED) is 0.388. The van der Waals surface area contributed by atoms with Crippen LogP contribution in [0.4, 0.5) is 0 Å². The second-order valence-corrected chi connectivity index (χ2v) is 4.90. The van der Waals surface area contributed by atoms with Gasteiger partial charge in [0.1, 0.15) is 0 Å². The van der Waals surface area contributed by atoms with Crippen LogP contribution in [0.5, 0.6) is 0 Å². The van der Waals surface area contributed by atoms with Crippen LogP contribution in [0.1, 0.15) is 19.3 Å². The van der Waals surface area contributed by atoms with Gasteiger partial charge in [-0.25, -0.2) is 4.79 Å². The molecule has 1 rings (SSSR count). The molecule has 6 heteroatoms. The summed E-state index contributed by atoms with van der Waals surface area (Å²) in [6, 6.07) is 0. The maximum atomic E-state index is 9.80. The van der Waals surface area contributed by atoms with Crippen molar-refractivity contribution in [3.63, 3.8) is 0 Å². The zero-order valence-electron chi connectivity index (χ0n) is 8.20. The van der Waals surface area contributed by atoms with Gasteiger partial charge in [0.25, 0.3) is 0 Å². The molecule has 0 aromatic carbocycles. The van der Waals surface area contributed by atoms with E-state index in [9.17, 15) is 4.79 Å². The second kappa shape index (κ2) is 6.94. The summed E-state index contributed by atoms with van der Waals surface area (Å²) in [4.78, 5) is 9.80. The van der Waals surface area contributed by atoms with E-state index < -0.39 is 8.97 Å². The minimum atomic E-state index is -3.02. The Morgan fingerprint density at radius 3 is 1.54 bits per heavy atom. The summed E-state index contributed by atoms with van der Waals surface area (Å²) in [5.74, 6) is 0. The SMILES string of the molecule is C1CC1.CO[Si](N=C=O)(OC)OC. The molecule has 0 spiro atoms. The topological polar surface area (TPSA) is 57.1 Å². The molecule has 13 heavy (non-hydrogen) atoms. The Morgan fingerprint density at radius 2 is 1.46 bits per heavy atom. The lowest BCUT2D eigenvalue weighted by molar-refractivity contribution is 0.126. The first kappa shape index (κ1) is 12.5. The Hall–Kier alpha value is -0.523. The average Bonchev–Trinajstić information content (AvgIpc) is 3.01. The molecule has 0 aromatic heterocycles. The Bertz CT molecular complexity index is 164. The summed E-state index contributed by atoms with van der Waals surface area (Å²) >= 11 is 0. The fourth-order valence-corrected chi connectivity index (χ4v) is 1.33. The molecule has 0 aromatic rings. The van der Waals surface area contributed by atoms with E-state index in [-0.39, 0.29) is 0 Å². The van der Waals surface area contributed by atoms with E-state index in [1.807, 2.05) is 0 Å². The summed E-state index contributed by atoms with van der Waals surface area (Å²) in [6.07, 6.45) is 5.82. The van der Waals surface area contributed by atoms with E-state index in [2.05, 4.69) is 4.66 Å². The van der Waals surface area contributed by atoms with Crippen molar-refractivity contribution in [3.8, 4) is 0 Å². The van der Waals surface area contributed by atoms with Gasteiger partial charge in [-0.3, -0.25) is 0 Å². The van der Waals surface area contributed by atoms with Gasteiger partial charge < -0.3 is 13.3 Å². The van der Waals surface area contributed by atoms with Crippen LogP contribution in [0.2, 0.25) is 0 Å². The highest BCUT2D eigenvalue weighted by Crippen LogP contribution is 2.14. The van der Waals surface area contributed by atoms with Gasteiger partial charge in [0.15, 0.2) is 0 Å². The van der Waals surface area contributed by atoms with Crippen LogP contribution in [0, 0.1) is 0 Å². The number of isocyanates is 1. The van der Waals surface area contributed by atoms with Crippen molar-refractivity contribution in [1.82, 2.24) is 0 Å². The summed E-state index contributed by atoms with van der Waals surface area (Å²) in [7, 11) is 1.07. The van der Waals surface area contributed by atoms with E-state index in [1.54, 1.807) is 0 Å². The first-order chi connectivity index (χ1) is 6.24. The molecule has 1 fully saturated rings. The normalized spacial score (nSPS) is 13.8. The third-order valence-electron chi connectivity index (χ3n) is 1.31. The van der Waals surface area contributed by atoms with Crippen molar-refractivity contribution in [2.45, 2.75) is 19.3 Å². The third kappa shape index (κ3) is 5.68. The maximum absolute atomic E-state index is 9.80. The summed E-state index contributed by atoms with van der Waals surface area (Å²) in [5.41, 5.74) is 0. The van der Waals surface area contributed by atoms with Crippen LogP contribution >= 0.6 is 0 Å². The van der Waals surface area contributed by atoms with E-state index in [0.717, 1.165) is 0 Å². The second-order valence-electron chi connectivity index (χ2n) is 2.40. The van der Waals surface area contributed by atoms with Crippen LogP contribution in [-0.4, -0.2) is 36.4 Å². The van der Waals surface area contributed by atoms with E-state index in [1.165, 1.54) is 46.7 Å². The van der Waals surface area contributed by atoms with Gasteiger partial charge >= 0.3 is 8.97 Å². The molecular weight excluding hydrogens is 190 g/mol. The highest BCUT2D eigenvalue weighted by Gasteiger charge is 2.39. The molecule has 0 aliphatic heterocycles. The summed E-state index contributed by atoms with van der Waals surface area (Å²) in [5, 5.41) is 0. The van der Waals surface area contributed by atoms with Crippen LogP contribution in [-0.2, 0) is 18.1 Å². The Balaban J connectivity index is 0.000000396. The molecule has 1 aliphatic rings. The highest BCUT2D eigenvalue weighted by molar-refractivity contribution is 6.59. The van der Waals surface area contributed by atoms with E-state index in [4.69, 9.17) is 13.3 Å². The van der Waals surface area contributed by atoms with Gasteiger partial charge in [-0.2, -0.15) is 4.66 Å². The van der Waals surface area contributed by atoms with Gasteiger partial charge in [-0.15, -0.1) is 0 Å². The van der Waals surface area contributed by atoms with Gasteiger partial charge in [0, 0.05) is 21.3 Å². The van der Waals surface area contributed by atoms with Crippen molar-refractivity contribution in [2.75, 3.05) is 21.3 Å². The molecule has 1 aliphatic carbocycles. The molecule has 0 bridgehead atoms. The highest BCUT2D eigenvalue weighted by atomic mass is 28.4. The van der Waals surface area contributed by atoms with Gasteiger partial charge in [0.2, 0.25) is 6.08 Å². The number of nitrogens with zero attached hydrogens (tertiary/aromatic N) is 1. The molecule has 5 nitrogen and oxygen atoms in total.